The summed E-state index contributed by atoms with van der Waals surface area (Å²) in [6.07, 6.45) is 1.89. The fourth-order valence-corrected chi connectivity index (χ4v) is 5.25. The third-order valence-corrected chi connectivity index (χ3v) is 6.92. The van der Waals surface area contributed by atoms with Crippen molar-refractivity contribution in [2.45, 2.75) is 27.7 Å². The predicted molar refractivity (Wildman–Crippen MR) is 122 cm³/mol. The van der Waals surface area contributed by atoms with E-state index in [-0.39, 0.29) is 11.9 Å². The third-order valence-electron chi connectivity index (χ3n) is 5.49. The molecule has 5 nitrogen and oxygen atoms in total. The summed E-state index contributed by atoms with van der Waals surface area (Å²) in [5.41, 5.74) is 6.47. The normalized spacial score (nSPS) is 14.2. The first-order valence-electron chi connectivity index (χ1n) is 9.43. The van der Waals surface area contributed by atoms with Gasteiger partial charge in [-0.3, -0.25) is 4.79 Å². The number of halogens is 1. The van der Waals surface area contributed by atoms with Gasteiger partial charge in [-0.05, 0) is 63.1 Å². The number of ether oxygens (including phenoxy) is 1. The Hall–Kier alpha value is -2.83. The monoisotopic (exact) mass is 440 g/mol. The number of amides is 1. The Balaban J connectivity index is 1.86. The van der Waals surface area contributed by atoms with Crippen LogP contribution in [0.2, 0.25) is 5.02 Å². The molecule has 4 rings (SSSR count). The second kappa shape index (κ2) is 7.45. The number of aromatic nitrogens is 1. The number of aryl methyl sites for hydroxylation is 2. The maximum Gasteiger partial charge on any atom is 0.341 e. The Morgan fingerprint density at radius 1 is 1.20 bits per heavy atom. The molecule has 0 bridgehead atoms. The van der Waals surface area contributed by atoms with Gasteiger partial charge in [0, 0.05) is 32.4 Å². The molecule has 0 aliphatic carbocycles. The van der Waals surface area contributed by atoms with Crippen molar-refractivity contribution in [2.24, 2.45) is 0 Å². The summed E-state index contributed by atoms with van der Waals surface area (Å²) >= 11 is 7.61. The van der Waals surface area contributed by atoms with Crippen molar-refractivity contribution >= 4 is 52.2 Å². The van der Waals surface area contributed by atoms with E-state index in [2.05, 4.69) is 9.88 Å². The van der Waals surface area contributed by atoms with E-state index in [1.807, 2.05) is 45.9 Å². The quantitative estimate of drug-likeness (QED) is 0.419. The fraction of sp³-hybridized carbons (Fsp3) is 0.217. The molecule has 0 saturated heterocycles. The van der Waals surface area contributed by atoms with Crippen LogP contribution >= 0.6 is 22.9 Å². The Labute approximate surface area is 183 Å². The van der Waals surface area contributed by atoms with Crippen LogP contribution in [0.4, 0.5) is 5.69 Å². The van der Waals surface area contributed by atoms with Crippen molar-refractivity contribution in [3.05, 3.63) is 67.8 Å². The standard InChI is InChI=1S/C23H21ClN2O3S/c1-11-8-15(9-18-17-7-6-16(24)10-19(17)25-21(18)27)13(3)26(11)22-20(23(28)29-5)12(2)14(4)30-22/h6-10H,1-5H3,(H,25,27)/b18-9+. The van der Waals surface area contributed by atoms with Gasteiger partial charge in [0.15, 0.2) is 0 Å². The number of carbonyl (C=O) groups excluding carboxylic acids is 2. The van der Waals surface area contributed by atoms with E-state index in [0.29, 0.717) is 21.8 Å². The first kappa shape index (κ1) is 20.4. The number of thiophene rings is 1. The number of benzene rings is 1. The van der Waals surface area contributed by atoms with Gasteiger partial charge in [-0.2, -0.15) is 0 Å². The van der Waals surface area contributed by atoms with Gasteiger partial charge in [-0.1, -0.05) is 17.7 Å². The van der Waals surface area contributed by atoms with Crippen LogP contribution in [0, 0.1) is 27.7 Å². The second-order valence-electron chi connectivity index (χ2n) is 7.32. The van der Waals surface area contributed by atoms with Crippen molar-refractivity contribution in [1.82, 2.24) is 4.57 Å². The smallest absolute Gasteiger partial charge is 0.341 e. The summed E-state index contributed by atoms with van der Waals surface area (Å²) in [7, 11) is 1.40. The molecule has 0 spiro atoms. The molecule has 30 heavy (non-hydrogen) atoms. The molecule has 3 aromatic rings. The van der Waals surface area contributed by atoms with E-state index < -0.39 is 0 Å². The summed E-state index contributed by atoms with van der Waals surface area (Å²) in [5.74, 6) is -0.504. The first-order chi connectivity index (χ1) is 14.2. The zero-order valence-electron chi connectivity index (χ0n) is 17.3. The summed E-state index contributed by atoms with van der Waals surface area (Å²) < 4.78 is 7.08. The molecule has 1 aliphatic heterocycles. The molecule has 0 unspecified atom stereocenters. The van der Waals surface area contributed by atoms with E-state index in [9.17, 15) is 9.59 Å². The Morgan fingerprint density at radius 3 is 2.63 bits per heavy atom. The number of methoxy groups -OCH3 is 1. The third kappa shape index (κ3) is 3.16. The summed E-state index contributed by atoms with van der Waals surface area (Å²) in [5, 5.41) is 4.28. The molecule has 1 aliphatic rings. The number of nitrogens with zero attached hydrogens (tertiary/aromatic N) is 1. The molecule has 2 aromatic heterocycles. The summed E-state index contributed by atoms with van der Waals surface area (Å²) in [4.78, 5) is 26.1. The van der Waals surface area contributed by atoms with E-state index in [1.54, 1.807) is 23.5 Å². The number of esters is 1. The van der Waals surface area contributed by atoms with Crippen molar-refractivity contribution in [2.75, 3.05) is 12.4 Å². The number of hydrogen-bond donors (Lipinski definition) is 1. The molecule has 7 heteroatoms. The lowest BCUT2D eigenvalue weighted by Gasteiger charge is -2.10. The van der Waals surface area contributed by atoms with Crippen molar-refractivity contribution in [3.63, 3.8) is 0 Å². The molecule has 0 saturated carbocycles. The van der Waals surface area contributed by atoms with Crippen LogP contribution in [0.1, 0.15) is 43.3 Å². The lowest BCUT2D eigenvalue weighted by Crippen LogP contribution is -2.08. The van der Waals surface area contributed by atoms with Crippen LogP contribution in [-0.2, 0) is 9.53 Å². The van der Waals surface area contributed by atoms with E-state index in [1.165, 1.54) is 7.11 Å². The van der Waals surface area contributed by atoms with Gasteiger partial charge in [-0.15, -0.1) is 11.3 Å². The number of rotatable bonds is 3. The minimum absolute atomic E-state index is 0.157. The molecule has 1 amide bonds. The zero-order valence-corrected chi connectivity index (χ0v) is 18.9. The molecular weight excluding hydrogens is 420 g/mol. The van der Waals surface area contributed by atoms with Gasteiger partial charge in [0.2, 0.25) is 0 Å². The lowest BCUT2D eigenvalue weighted by atomic mass is 10.0. The van der Waals surface area contributed by atoms with Crippen LogP contribution in [0.15, 0.2) is 24.3 Å². The predicted octanol–water partition coefficient (Wildman–Crippen LogP) is 5.71. The number of anilines is 1. The van der Waals surface area contributed by atoms with Crippen molar-refractivity contribution in [3.8, 4) is 5.00 Å². The molecule has 1 aromatic carbocycles. The number of hydrogen-bond acceptors (Lipinski definition) is 4. The Bertz CT molecular complexity index is 1250. The maximum absolute atomic E-state index is 12.6. The molecule has 154 valence electrons. The minimum Gasteiger partial charge on any atom is -0.465 e. The van der Waals surface area contributed by atoms with Crippen LogP contribution in [0.25, 0.3) is 16.7 Å². The van der Waals surface area contributed by atoms with Crippen molar-refractivity contribution < 1.29 is 14.3 Å². The number of carbonyl (C=O) groups is 2. The van der Waals surface area contributed by atoms with Gasteiger partial charge in [0.1, 0.15) is 5.00 Å². The van der Waals surface area contributed by atoms with Gasteiger partial charge >= 0.3 is 5.97 Å². The molecule has 0 atom stereocenters. The van der Waals surface area contributed by atoms with Crippen LogP contribution in [0.3, 0.4) is 0 Å². The van der Waals surface area contributed by atoms with Gasteiger partial charge in [0.05, 0.1) is 18.4 Å². The Morgan fingerprint density at radius 2 is 1.93 bits per heavy atom. The summed E-state index contributed by atoms with van der Waals surface area (Å²) in [6, 6.07) is 7.40. The van der Waals surface area contributed by atoms with Crippen molar-refractivity contribution in [1.29, 1.82) is 0 Å². The molecule has 0 radical (unpaired) electrons. The second-order valence-corrected chi connectivity index (χ2v) is 8.96. The molecule has 1 N–H and O–H groups in total. The largest absolute Gasteiger partial charge is 0.465 e. The number of fused-ring (bicyclic) bond motifs is 1. The van der Waals surface area contributed by atoms with E-state index in [4.69, 9.17) is 16.3 Å². The Kier molecular flexibility index (Phi) is 5.08. The molecular formula is C23H21ClN2O3S. The first-order valence-corrected chi connectivity index (χ1v) is 10.6. The molecule has 0 fully saturated rings. The van der Waals surface area contributed by atoms with Gasteiger partial charge < -0.3 is 14.6 Å². The van der Waals surface area contributed by atoms with Crippen LogP contribution in [-0.4, -0.2) is 23.6 Å². The van der Waals surface area contributed by atoms with Gasteiger partial charge in [-0.25, -0.2) is 4.79 Å². The molecule has 3 heterocycles. The SMILES string of the molecule is COC(=O)c1c(-n2c(C)cc(/C=C3/C(=O)Nc4cc(Cl)ccc43)c2C)sc(C)c1C. The zero-order chi connectivity index (χ0) is 21.7. The maximum atomic E-state index is 12.6. The van der Waals surface area contributed by atoms with Gasteiger partial charge in [0.25, 0.3) is 5.91 Å². The van der Waals surface area contributed by atoms with E-state index in [0.717, 1.165) is 38.0 Å². The number of nitrogens with one attached hydrogen (secondary N) is 1. The highest BCUT2D eigenvalue weighted by Gasteiger charge is 2.26. The van der Waals surface area contributed by atoms with Crippen LogP contribution in [0.5, 0.6) is 0 Å². The van der Waals surface area contributed by atoms with Crippen LogP contribution < -0.4 is 5.32 Å². The average Bonchev–Trinajstić information content (AvgIpc) is 3.26. The van der Waals surface area contributed by atoms with E-state index >= 15 is 0 Å². The lowest BCUT2D eigenvalue weighted by molar-refractivity contribution is -0.110. The minimum atomic E-state index is -0.347. The topological polar surface area (TPSA) is 60.3 Å². The highest BCUT2D eigenvalue weighted by molar-refractivity contribution is 7.15. The highest BCUT2D eigenvalue weighted by Crippen LogP contribution is 2.38. The highest BCUT2D eigenvalue weighted by atomic mass is 35.5. The summed E-state index contributed by atoms with van der Waals surface area (Å²) in [6.45, 7) is 7.91. The fourth-order valence-electron chi connectivity index (χ4n) is 3.82. The average molecular weight is 441 g/mol.